The van der Waals surface area contributed by atoms with E-state index in [-0.39, 0.29) is 23.6 Å². The van der Waals surface area contributed by atoms with E-state index in [9.17, 15) is 13.6 Å². The van der Waals surface area contributed by atoms with Crippen molar-refractivity contribution in [2.75, 3.05) is 6.54 Å². The van der Waals surface area contributed by atoms with Crippen molar-refractivity contribution in [3.63, 3.8) is 0 Å². The highest BCUT2D eigenvalue weighted by atomic mass is 35.5. The van der Waals surface area contributed by atoms with Crippen molar-refractivity contribution < 1.29 is 13.6 Å². The minimum atomic E-state index is -0.736. The van der Waals surface area contributed by atoms with E-state index in [0.717, 1.165) is 12.1 Å². The second-order valence-corrected chi connectivity index (χ2v) is 3.74. The minimum absolute atomic E-state index is 0.128. The normalized spacial score (nSPS) is 9.94. The molecule has 0 unspecified atom stereocenters. The van der Waals surface area contributed by atoms with E-state index in [2.05, 4.69) is 11.9 Å². The molecule has 0 bridgehead atoms. The van der Waals surface area contributed by atoms with Crippen molar-refractivity contribution in [3.8, 4) is 0 Å². The quantitative estimate of drug-likeness (QED) is 0.867. The molecule has 0 saturated carbocycles. The van der Waals surface area contributed by atoms with E-state index in [1.165, 1.54) is 6.07 Å². The first-order valence-electron chi connectivity index (χ1n) is 4.53. The summed E-state index contributed by atoms with van der Waals surface area (Å²) in [6.45, 7) is 3.52. The molecule has 0 aromatic heterocycles. The number of amides is 1. The van der Waals surface area contributed by atoms with E-state index in [1.54, 1.807) is 0 Å². The molecule has 0 aliphatic carbocycles. The number of hydrogen-bond acceptors (Lipinski definition) is 1. The third-order valence-electron chi connectivity index (χ3n) is 1.84. The Hall–Kier alpha value is -1.42. The lowest BCUT2D eigenvalue weighted by atomic mass is 10.1. The molecular weight excluding hydrogens is 236 g/mol. The van der Waals surface area contributed by atoms with Gasteiger partial charge >= 0.3 is 0 Å². The summed E-state index contributed by atoms with van der Waals surface area (Å²) in [4.78, 5) is 11.3. The van der Waals surface area contributed by atoms with Crippen LogP contribution in [-0.2, 0) is 11.2 Å². The zero-order valence-corrected chi connectivity index (χ0v) is 9.15. The molecule has 0 atom stereocenters. The molecule has 1 rings (SSSR count). The molecule has 0 radical (unpaired) electrons. The highest BCUT2D eigenvalue weighted by Crippen LogP contribution is 2.10. The standard InChI is InChI=1S/C11H10ClF2NO/c1-7(12)6-15-11(16)4-8-2-3-9(13)5-10(8)14/h2-3,5H,1,4,6H2,(H,15,16). The predicted octanol–water partition coefficient (Wildman–Crippen LogP) is 2.38. The molecule has 2 nitrogen and oxygen atoms in total. The molecule has 86 valence electrons. The van der Waals surface area contributed by atoms with E-state index < -0.39 is 17.5 Å². The largest absolute Gasteiger partial charge is 0.351 e. The Kier molecular flexibility index (Phi) is 4.43. The summed E-state index contributed by atoms with van der Waals surface area (Å²) in [7, 11) is 0. The molecule has 0 aliphatic rings. The maximum Gasteiger partial charge on any atom is 0.224 e. The summed E-state index contributed by atoms with van der Waals surface area (Å²) < 4.78 is 25.7. The number of halogens is 3. The van der Waals surface area contributed by atoms with Crippen LogP contribution < -0.4 is 5.32 Å². The van der Waals surface area contributed by atoms with E-state index >= 15 is 0 Å². The average molecular weight is 246 g/mol. The summed E-state index contributed by atoms with van der Waals surface area (Å²) in [5, 5.41) is 2.73. The molecule has 1 amide bonds. The van der Waals surface area contributed by atoms with Gasteiger partial charge < -0.3 is 5.32 Å². The molecule has 1 N–H and O–H groups in total. The predicted molar refractivity (Wildman–Crippen MR) is 58.1 cm³/mol. The van der Waals surface area contributed by atoms with Crippen LogP contribution in [0.4, 0.5) is 8.78 Å². The van der Waals surface area contributed by atoms with Gasteiger partial charge in [0.25, 0.3) is 0 Å². The molecule has 1 aromatic carbocycles. The third-order valence-corrected chi connectivity index (χ3v) is 1.98. The average Bonchev–Trinajstić information content (AvgIpc) is 2.19. The smallest absolute Gasteiger partial charge is 0.224 e. The Morgan fingerprint density at radius 1 is 1.44 bits per heavy atom. The van der Waals surface area contributed by atoms with Crippen LogP contribution in [0.2, 0.25) is 0 Å². The fraction of sp³-hybridized carbons (Fsp3) is 0.182. The van der Waals surface area contributed by atoms with Crippen LogP contribution in [0.25, 0.3) is 0 Å². The number of nitrogens with one attached hydrogen (secondary N) is 1. The summed E-state index contributed by atoms with van der Waals surface area (Å²) in [5.74, 6) is -1.80. The Morgan fingerprint density at radius 2 is 2.12 bits per heavy atom. The Balaban J connectivity index is 2.59. The molecule has 0 saturated heterocycles. The van der Waals surface area contributed by atoms with Crippen LogP contribution in [0.1, 0.15) is 5.56 Å². The molecule has 5 heteroatoms. The topological polar surface area (TPSA) is 29.1 Å². The summed E-state index contributed by atoms with van der Waals surface area (Å²) >= 11 is 5.44. The van der Waals surface area contributed by atoms with Crippen molar-refractivity contribution in [1.82, 2.24) is 5.32 Å². The molecule has 0 fully saturated rings. The van der Waals surface area contributed by atoms with Gasteiger partial charge in [0, 0.05) is 11.1 Å². The fourth-order valence-corrected chi connectivity index (χ4v) is 1.16. The van der Waals surface area contributed by atoms with Gasteiger partial charge in [-0.2, -0.15) is 0 Å². The van der Waals surface area contributed by atoms with Gasteiger partial charge in [0.05, 0.1) is 13.0 Å². The molecule has 1 aromatic rings. The summed E-state index contributed by atoms with van der Waals surface area (Å²) in [6.07, 6.45) is -0.156. The van der Waals surface area contributed by atoms with Crippen LogP contribution in [0, 0.1) is 11.6 Å². The number of rotatable bonds is 4. The lowest BCUT2D eigenvalue weighted by molar-refractivity contribution is -0.120. The van der Waals surface area contributed by atoms with Crippen molar-refractivity contribution >= 4 is 17.5 Å². The molecule has 0 heterocycles. The number of benzene rings is 1. The minimum Gasteiger partial charge on any atom is -0.351 e. The van der Waals surface area contributed by atoms with Crippen molar-refractivity contribution in [1.29, 1.82) is 0 Å². The second kappa shape index (κ2) is 5.61. The van der Waals surface area contributed by atoms with Crippen LogP contribution in [0.5, 0.6) is 0 Å². The first kappa shape index (κ1) is 12.6. The van der Waals surface area contributed by atoms with E-state index in [1.807, 2.05) is 0 Å². The van der Waals surface area contributed by atoms with Gasteiger partial charge in [0.1, 0.15) is 11.6 Å². The molecule has 16 heavy (non-hydrogen) atoms. The second-order valence-electron chi connectivity index (χ2n) is 3.21. The first-order valence-corrected chi connectivity index (χ1v) is 4.90. The molecule has 0 aliphatic heterocycles. The summed E-state index contributed by atoms with van der Waals surface area (Å²) in [5.41, 5.74) is 0.138. The van der Waals surface area contributed by atoms with Gasteiger partial charge in [0.2, 0.25) is 5.91 Å². The molecule has 0 spiro atoms. The van der Waals surface area contributed by atoms with Gasteiger partial charge in [-0.05, 0) is 11.6 Å². The van der Waals surface area contributed by atoms with Crippen molar-refractivity contribution in [2.45, 2.75) is 6.42 Å². The Morgan fingerprint density at radius 3 is 2.69 bits per heavy atom. The lowest BCUT2D eigenvalue weighted by Crippen LogP contribution is -2.26. The SMILES string of the molecule is C=C(Cl)CNC(=O)Cc1ccc(F)cc1F. The van der Waals surface area contributed by atoms with Gasteiger partial charge in [-0.1, -0.05) is 24.2 Å². The number of carbonyl (C=O) groups is 1. The van der Waals surface area contributed by atoms with Crippen LogP contribution >= 0.6 is 11.6 Å². The maximum atomic E-state index is 13.1. The van der Waals surface area contributed by atoms with E-state index in [0.29, 0.717) is 0 Å². The lowest BCUT2D eigenvalue weighted by Gasteiger charge is -2.05. The first-order chi connectivity index (χ1) is 7.49. The monoisotopic (exact) mass is 245 g/mol. The van der Waals surface area contributed by atoms with E-state index in [4.69, 9.17) is 11.6 Å². The zero-order chi connectivity index (χ0) is 12.1. The van der Waals surface area contributed by atoms with Crippen LogP contribution in [0.15, 0.2) is 29.8 Å². The van der Waals surface area contributed by atoms with Gasteiger partial charge in [-0.15, -0.1) is 0 Å². The summed E-state index contributed by atoms with van der Waals surface area (Å²) in [6, 6.07) is 3.08. The van der Waals surface area contributed by atoms with Crippen molar-refractivity contribution in [2.24, 2.45) is 0 Å². The number of hydrogen-bond donors (Lipinski definition) is 1. The Bertz CT molecular complexity index is 420. The highest BCUT2D eigenvalue weighted by Gasteiger charge is 2.08. The van der Waals surface area contributed by atoms with Gasteiger partial charge in [-0.25, -0.2) is 8.78 Å². The molecular formula is C11H10ClF2NO. The van der Waals surface area contributed by atoms with Gasteiger partial charge in [0.15, 0.2) is 0 Å². The van der Waals surface area contributed by atoms with Crippen molar-refractivity contribution in [3.05, 3.63) is 47.0 Å². The van der Waals surface area contributed by atoms with Crippen LogP contribution in [0.3, 0.4) is 0 Å². The number of carbonyl (C=O) groups excluding carboxylic acids is 1. The van der Waals surface area contributed by atoms with Crippen LogP contribution in [-0.4, -0.2) is 12.5 Å². The zero-order valence-electron chi connectivity index (χ0n) is 8.40. The van der Waals surface area contributed by atoms with Gasteiger partial charge in [-0.3, -0.25) is 4.79 Å². The third kappa shape index (κ3) is 3.98. The Labute approximate surface area is 96.9 Å². The maximum absolute atomic E-state index is 13.1. The fourth-order valence-electron chi connectivity index (χ4n) is 1.10. The highest BCUT2D eigenvalue weighted by molar-refractivity contribution is 6.29.